The third-order valence-corrected chi connectivity index (χ3v) is 7.99. The molecule has 0 unspecified atom stereocenters. The highest BCUT2D eigenvalue weighted by molar-refractivity contribution is 7.89. The molecule has 0 atom stereocenters. The molecule has 0 bridgehead atoms. The second-order valence-corrected chi connectivity index (χ2v) is 10.1. The zero-order valence-corrected chi connectivity index (χ0v) is 15.2. The molecule has 0 radical (unpaired) electrons. The lowest BCUT2D eigenvalue weighted by molar-refractivity contribution is 0.296. The maximum absolute atomic E-state index is 12.7. The second-order valence-electron chi connectivity index (χ2n) is 6.37. The number of nitrogens with zero attached hydrogens (tertiary/aromatic N) is 1. The number of rotatable bonds is 6. The second kappa shape index (κ2) is 6.72. The fourth-order valence-electron chi connectivity index (χ4n) is 2.81. The third-order valence-electron chi connectivity index (χ3n) is 4.53. The zero-order valence-electron chi connectivity index (χ0n) is 13.6. The standard InChI is InChI=1S/C15H23N3O4S2/c1-18(13-8-10-16-11-9-13)24(21,22)15-6-4-14(5-7-15)23(19,20)17-12-2-3-12/h4-7,12-13,16-17H,2-3,8-11H2,1H3. The van der Waals surface area contributed by atoms with Crippen molar-refractivity contribution >= 4 is 20.0 Å². The van der Waals surface area contributed by atoms with Crippen LogP contribution in [0.1, 0.15) is 25.7 Å². The molecule has 1 saturated heterocycles. The summed E-state index contributed by atoms with van der Waals surface area (Å²) < 4.78 is 53.7. The summed E-state index contributed by atoms with van der Waals surface area (Å²) in [5.41, 5.74) is 0. The van der Waals surface area contributed by atoms with Gasteiger partial charge in [0.15, 0.2) is 0 Å². The first kappa shape index (κ1) is 17.8. The predicted molar refractivity (Wildman–Crippen MR) is 90.6 cm³/mol. The van der Waals surface area contributed by atoms with Gasteiger partial charge in [-0.25, -0.2) is 21.6 Å². The summed E-state index contributed by atoms with van der Waals surface area (Å²) in [6, 6.07) is 5.44. The predicted octanol–water partition coefficient (Wildman–Crippen LogP) is 0.500. The van der Waals surface area contributed by atoms with E-state index in [1.54, 1.807) is 7.05 Å². The monoisotopic (exact) mass is 373 g/mol. The van der Waals surface area contributed by atoms with Gasteiger partial charge in [-0.15, -0.1) is 0 Å². The van der Waals surface area contributed by atoms with Gasteiger partial charge in [0, 0.05) is 19.1 Å². The van der Waals surface area contributed by atoms with Crippen molar-refractivity contribution in [3.05, 3.63) is 24.3 Å². The van der Waals surface area contributed by atoms with E-state index in [4.69, 9.17) is 0 Å². The molecular weight excluding hydrogens is 350 g/mol. The van der Waals surface area contributed by atoms with Crippen LogP contribution in [0.25, 0.3) is 0 Å². The van der Waals surface area contributed by atoms with Crippen LogP contribution < -0.4 is 10.0 Å². The van der Waals surface area contributed by atoms with Crippen molar-refractivity contribution in [1.29, 1.82) is 0 Å². The van der Waals surface area contributed by atoms with Crippen LogP contribution in [0.15, 0.2) is 34.1 Å². The van der Waals surface area contributed by atoms with Crippen LogP contribution in [0.5, 0.6) is 0 Å². The molecule has 1 saturated carbocycles. The summed E-state index contributed by atoms with van der Waals surface area (Å²) in [4.78, 5) is 0.215. The highest BCUT2D eigenvalue weighted by Gasteiger charge is 2.30. The average molecular weight is 374 g/mol. The molecule has 2 aliphatic rings. The van der Waals surface area contributed by atoms with Crippen LogP contribution in [-0.2, 0) is 20.0 Å². The van der Waals surface area contributed by atoms with Crippen molar-refractivity contribution in [2.75, 3.05) is 20.1 Å². The van der Waals surface area contributed by atoms with Gasteiger partial charge in [0.1, 0.15) is 0 Å². The van der Waals surface area contributed by atoms with Gasteiger partial charge in [-0.3, -0.25) is 0 Å². The first-order valence-corrected chi connectivity index (χ1v) is 11.0. The molecule has 0 spiro atoms. The van der Waals surface area contributed by atoms with Crippen LogP contribution in [-0.4, -0.2) is 53.4 Å². The number of hydrogen-bond donors (Lipinski definition) is 2. The van der Waals surface area contributed by atoms with Crippen molar-refractivity contribution in [3.63, 3.8) is 0 Å². The zero-order chi connectivity index (χ0) is 17.4. The van der Waals surface area contributed by atoms with Gasteiger partial charge in [0.2, 0.25) is 20.0 Å². The molecule has 1 aliphatic carbocycles. The summed E-state index contributed by atoms with van der Waals surface area (Å²) in [6.45, 7) is 1.60. The molecular formula is C15H23N3O4S2. The van der Waals surface area contributed by atoms with E-state index in [0.717, 1.165) is 38.8 Å². The van der Waals surface area contributed by atoms with Gasteiger partial charge in [-0.05, 0) is 63.0 Å². The van der Waals surface area contributed by atoms with Crippen molar-refractivity contribution in [3.8, 4) is 0 Å². The molecule has 7 nitrogen and oxygen atoms in total. The highest BCUT2D eigenvalue weighted by atomic mass is 32.2. The van der Waals surface area contributed by atoms with Gasteiger partial charge in [-0.2, -0.15) is 4.31 Å². The van der Waals surface area contributed by atoms with E-state index in [1.165, 1.54) is 28.6 Å². The number of hydrogen-bond acceptors (Lipinski definition) is 5. The summed E-state index contributed by atoms with van der Waals surface area (Å²) >= 11 is 0. The summed E-state index contributed by atoms with van der Waals surface area (Å²) in [5.74, 6) is 0. The lowest BCUT2D eigenvalue weighted by atomic mass is 10.1. The Bertz CT molecular complexity index is 781. The Morgan fingerprint density at radius 1 is 0.958 bits per heavy atom. The lowest BCUT2D eigenvalue weighted by Crippen LogP contribution is -2.43. The van der Waals surface area contributed by atoms with Crippen LogP contribution in [0.4, 0.5) is 0 Å². The van der Waals surface area contributed by atoms with E-state index in [2.05, 4.69) is 10.0 Å². The first-order chi connectivity index (χ1) is 11.3. The van der Waals surface area contributed by atoms with Crippen LogP contribution in [0, 0.1) is 0 Å². The Morgan fingerprint density at radius 2 is 1.50 bits per heavy atom. The van der Waals surface area contributed by atoms with E-state index >= 15 is 0 Å². The van der Waals surface area contributed by atoms with E-state index in [-0.39, 0.29) is 21.9 Å². The van der Waals surface area contributed by atoms with Gasteiger partial charge >= 0.3 is 0 Å². The fourth-order valence-corrected chi connectivity index (χ4v) is 5.53. The van der Waals surface area contributed by atoms with Gasteiger partial charge < -0.3 is 5.32 Å². The lowest BCUT2D eigenvalue weighted by Gasteiger charge is -2.30. The first-order valence-electron chi connectivity index (χ1n) is 8.12. The Balaban J connectivity index is 1.78. The molecule has 3 rings (SSSR count). The topological polar surface area (TPSA) is 95.6 Å². The third kappa shape index (κ3) is 3.80. The molecule has 0 amide bonds. The van der Waals surface area contributed by atoms with Crippen LogP contribution >= 0.6 is 0 Å². The molecule has 134 valence electrons. The molecule has 1 aliphatic heterocycles. The Labute approximate surface area is 143 Å². The molecule has 1 heterocycles. The molecule has 2 N–H and O–H groups in total. The van der Waals surface area contributed by atoms with E-state index in [0.29, 0.717) is 0 Å². The molecule has 0 aromatic heterocycles. The number of nitrogens with one attached hydrogen (secondary N) is 2. The quantitative estimate of drug-likeness (QED) is 0.757. The maximum atomic E-state index is 12.7. The maximum Gasteiger partial charge on any atom is 0.243 e. The van der Waals surface area contributed by atoms with E-state index in [9.17, 15) is 16.8 Å². The largest absolute Gasteiger partial charge is 0.317 e. The summed E-state index contributed by atoms with van der Waals surface area (Å²) in [5, 5.41) is 3.21. The van der Waals surface area contributed by atoms with Crippen molar-refractivity contribution < 1.29 is 16.8 Å². The number of sulfonamides is 2. The smallest absolute Gasteiger partial charge is 0.243 e. The Hall–Kier alpha value is -1.00. The highest BCUT2D eigenvalue weighted by Crippen LogP contribution is 2.24. The average Bonchev–Trinajstić information content (AvgIpc) is 3.38. The van der Waals surface area contributed by atoms with Gasteiger partial charge in [0.05, 0.1) is 9.79 Å². The SMILES string of the molecule is CN(C1CCNCC1)S(=O)(=O)c1ccc(S(=O)(=O)NC2CC2)cc1. The van der Waals surface area contributed by atoms with Crippen LogP contribution in [0.2, 0.25) is 0 Å². The molecule has 24 heavy (non-hydrogen) atoms. The van der Waals surface area contributed by atoms with Crippen molar-refractivity contribution in [1.82, 2.24) is 14.3 Å². The van der Waals surface area contributed by atoms with Gasteiger partial charge in [0.25, 0.3) is 0 Å². The van der Waals surface area contributed by atoms with E-state index in [1.807, 2.05) is 0 Å². The summed E-state index contributed by atoms with van der Waals surface area (Å²) in [6.07, 6.45) is 3.25. The van der Waals surface area contributed by atoms with E-state index < -0.39 is 20.0 Å². The Kier molecular flexibility index (Phi) is 4.99. The molecule has 2 fully saturated rings. The summed E-state index contributed by atoms with van der Waals surface area (Å²) in [7, 11) is -5.60. The minimum Gasteiger partial charge on any atom is -0.317 e. The molecule has 9 heteroatoms. The van der Waals surface area contributed by atoms with Crippen molar-refractivity contribution in [2.24, 2.45) is 0 Å². The molecule has 1 aromatic rings. The van der Waals surface area contributed by atoms with Gasteiger partial charge in [-0.1, -0.05) is 0 Å². The minimum atomic E-state index is -3.62. The Morgan fingerprint density at radius 3 is 2.04 bits per heavy atom. The van der Waals surface area contributed by atoms with Crippen LogP contribution in [0.3, 0.4) is 0 Å². The fraction of sp³-hybridized carbons (Fsp3) is 0.600. The minimum absolute atomic E-state index is 0.0180. The van der Waals surface area contributed by atoms with Crippen molar-refractivity contribution in [2.45, 2.75) is 47.6 Å². The molecule has 1 aromatic carbocycles. The number of piperidine rings is 1. The number of benzene rings is 1. The normalized spacial score (nSPS) is 20.4.